The zero-order valence-electron chi connectivity index (χ0n) is 13.0. The number of ether oxygens (including phenoxy) is 2. The molecule has 2 fully saturated rings. The van der Waals surface area contributed by atoms with E-state index in [-0.39, 0.29) is 29.3 Å². The third-order valence-electron chi connectivity index (χ3n) is 4.74. The van der Waals surface area contributed by atoms with Crippen molar-refractivity contribution in [2.45, 2.75) is 11.1 Å². The maximum absolute atomic E-state index is 12.7. The van der Waals surface area contributed by atoms with E-state index >= 15 is 0 Å². The Bertz CT molecular complexity index is 704. The maximum Gasteiger partial charge on any atom is 0.416 e. The molecule has 2 saturated heterocycles. The van der Waals surface area contributed by atoms with Crippen LogP contribution in [0, 0.1) is 11.3 Å². The minimum absolute atomic E-state index is 0.0293. The summed E-state index contributed by atoms with van der Waals surface area (Å²) in [5, 5.41) is 0. The van der Waals surface area contributed by atoms with Crippen molar-refractivity contribution >= 4 is 10.0 Å². The molecule has 1 aromatic carbocycles. The Morgan fingerprint density at radius 1 is 1.33 bits per heavy atom. The van der Waals surface area contributed by atoms with E-state index in [1.165, 1.54) is 4.31 Å². The summed E-state index contributed by atoms with van der Waals surface area (Å²) in [6.45, 7) is 1.80. The molecular weight excluding hydrogens is 347 g/mol. The predicted molar refractivity (Wildman–Crippen MR) is 78.8 cm³/mol. The largest absolute Gasteiger partial charge is 0.416 e. The van der Waals surface area contributed by atoms with Gasteiger partial charge in [0.25, 0.3) is 0 Å². The molecule has 134 valence electrons. The summed E-state index contributed by atoms with van der Waals surface area (Å²) < 4.78 is 75.3. The molecule has 9 heteroatoms. The van der Waals surface area contributed by atoms with Gasteiger partial charge >= 0.3 is 6.18 Å². The smallest absolute Gasteiger partial charge is 0.384 e. The number of methoxy groups -OCH3 is 1. The van der Waals surface area contributed by atoms with Gasteiger partial charge < -0.3 is 9.47 Å². The first-order valence-electron chi connectivity index (χ1n) is 7.43. The van der Waals surface area contributed by atoms with Crippen LogP contribution in [0.25, 0.3) is 0 Å². The third-order valence-corrected chi connectivity index (χ3v) is 6.57. The molecule has 0 bridgehead atoms. The Kier molecular flexibility index (Phi) is 4.40. The molecule has 0 amide bonds. The average Bonchev–Trinajstić information content (AvgIpc) is 3.04. The number of benzene rings is 1. The average molecular weight is 365 g/mol. The highest BCUT2D eigenvalue weighted by atomic mass is 32.2. The molecule has 2 aliphatic rings. The van der Waals surface area contributed by atoms with Crippen LogP contribution in [0.5, 0.6) is 0 Å². The minimum atomic E-state index is -4.49. The monoisotopic (exact) mass is 365 g/mol. The molecule has 2 atom stereocenters. The van der Waals surface area contributed by atoms with Crippen molar-refractivity contribution in [2.75, 3.05) is 40.0 Å². The van der Waals surface area contributed by atoms with Gasteiger partial charge in [-0.3, -0.25) is 0 Å². The van der Waals surface area contributed by atoms with Crippen LogP contribution in [0.4, 0.5) is 13.2 Å². The van der Waals surface area contributed by atoms with E-state index in [4.69, 9.17) is 9.47 Å². The molecule has 0 N–H and O–H groups in total. The van der Waals surface area contributed by atoms with E-state index in [0.29, 0.717) is 19.8 Å². The van der Waals surface area contributed by atoms with Gasteiger partial charge in [-0.15, -0.1) is 0 Å². The van der Waals surface area contributed by atoms with E-state index in [0.717, 1.165) is 24.3 Å². The highest BCUT2D eigenvalue weighted by Crippen LogP contribution is 2.43. The van der Waals surface area contributed by atoms with Gasteiger partial charge in [0, 0.05) is 31.5 Å². The number of nitrogens with zero attached hydrogens (tertiary/aromatic N) is 1. The highest BCUT2D eigenvalue weighted by Gasteiger charge is 2.53. The quantitative estimate of drug-likeness (QED) is 0.819. The summed E-state index contributed by atoms with van der Waals surface area (Å²) in [6, 6.07) is 3.59. The lowest BCUT2D eigenvalue weighted by Gasteiger charge is -2.26. The van der Waals surface area contributed by atoms with Crippen molar-refractivity contribution in [1.29, 1.82) is 0 Å². The molecule has 1 aromatic rings. The van der Waals surface area contributed by atoms with Crippen LogP contribution < -0.4 is 0 Å². The van der Waals surface area contributed by atoms with Crippen LogP contribution in [-0.2, 0) is 25.7 Å². The van der Waals surface area contributed by atoms with E-state index in [1.807, 2.05) is 0 Å². The fraction of sp³-hybridized carbons (Fsp3) is 0.600. The van der Waals surface area contributed by atoms with E-state index in [1.54, 1.807) is 7.11 Å². The van der Waals surface area contributed by atoms with Gasteiger partial charge in [-0.1, -0.05) is 0 Å². The normalized spacial score (nSPS) is 28.2. The highest BCUT2D eigenvalue weighted by molar-refractivity contribution is 7.89. The number of fused-ring (bicyclic) bond motifs is 1. The van der Waals surface area contributed by atoms with Crippen LogP contribution in [0.3, 0.4) is 0 Å². The molecule has 0 saturated carbocycles. The fourth-order valence-electron chi connectivity index (χ4n) is 3.42. The van der Waals surface area contributed by atoms with Crippen molar-refractivity contribution in [3.63, 3.8) is 0 Å². The molecule has 24 heavy (non-hydrogen) atoms. The lowest BCUT2D eigenvalue weighted by Crippen LogP contribution is -2.37. The standard InChI is InChI=1S/C15H18F3NO4S/c1-22-9-14-8-19(6-12(14)7-23-10-14)24(20,21)13-4-2-11(3-5-13)15(16,17)18/h2-5,12H,6-10H2,1H3/t12-,14-/m0/s1. The van der Waals surface area contributed by atoms with Gasteiger partial charge in [-0.2, -0.15) is 17.5 Å². The lowest BCUT2D eigenvalue weighted by molar-refractivity contribution is -0.137. The zero-order chi connectivity index (χ0) is 17.6. The van der Waals surface area contributed by atoms with Crippen LogP contribution in [0.1, 0.15) is 5.56 Å². The fourth-order valence-corrected chi connectivity index (χ4v) is 5.00. The Balaban J connectivity index is 1.84. The number of alkyl halides is 3. The Morgan fingerprint density at radius 3 is 2.58 bits per heavy atom. The molecule has 0 aliphatic carbocycles. The summed E-state index contributed by atoms with van der Waals surface area (Å²) in [6.07, 6.45) is -4.49. The SMILES string of the molecule is COC[C@@]12COC[C@@H]1CN(S(=O)(=O)c1ccc(C(F)(F)F)cc1)C2. The lowest BCUT2D eigenvalue weighted by atomic mass is 9.82. The number of halogens is 3. The molecular formula is C15H18F3NO4S. The summed E-state index contributed by atoms with van der Waals surface area (Å²) in [4.78, 5) is -0.135. The Labute approximate surface area is 138 Å². The van der Waals surface area contributed by atoms with Crippen molar-refractivity contribution in [3.8, 4) is 0 Å². The first-order valence-corrected chi connectivity index (χ1v) is 8.87. The molecule has 0 unspecified atom stereocenters. The summed E-state index contributed by atoms with van der Waals surface area (Å²) in [5.74, 6) is 0.0293. The predicted octanol–water partition coefficient (Wildman–Crippen LogP) is 1.99. The van der Waals surface area contributed by atoms with Gasteiger partial charge in [0.1, 0.15) is 0 Å². The van der Waals surface area contributed by atoms with Crippen molar-refractivity contribution in [2.24, 2.45) is 11.3 Å². The van der Waals surface area contributed by atoms with Crippen molar-refractivity contribution in [3.05, 3.63) is 29.8 Å². The van der Waals surface area contributed by atoms with Gasteiger partial charge in [-0.25, -0.2) is 8.42 Å². The third kappa shape index (κ3) is 2.94. The number of rotatable bonds is 4. The Hall–Kier alpha value is -1.16. The zero-order valence-corrected chi connectivity index (χ0v) is 13.9. The molecule has 0 radical (unpaired) electrons. The first-order chi connectivity index (χ1) is 11.2. The summed E-state index contributed by atoms with van der Waals surface area (Å²) >= 11 is 0. The molecule has 2 aliphatic heterocycles. The van der Waals surface area contributed by atoms with Crippen LogP contribution in [0.2, 0.25) is 0 Å². The second kappa shape index (κ2) is 5.98. The van der Waals surface area contributed by atoms with Crippen LogP contribution >= 0.6 is 0 Å². The van der Waals surface area contributed by atoms with Gasteiger partial charge in [0.15, 0.2) is 0 Å². The van der Waals surface area contributed by atoms with Crippen molar-refractivity contribution in [1.82, 2.24) is 4.31 Å². The van der Waals surface area contributed by atoms with Crippen LogP contribution in [-0.4, -0.2) is 52.7 Å². The van der Waals surface area contributed by atoms with E-state index in [9.17, 15) is 21.6 Å². The van der Waals surface area contributed by atoms with Gasteiger partial charge in [0.05, 0.1) is 30.3 Å². The van der Waals surface area contributed by atoms with Crippen LogP contribution in [0.15, 0.2) is 29.2 Å². The molecule has 5 nitrogen and oxygen atoms in total. The Morgan fingerprint density at radius 2 is 2.00 bits per heavy atom. The summed E-state index contributed by atoms with van der Waals surface area (Å²) in [5.41, 5.74) is -1.25. The van der Waals surface area contributed by atoms with Gasteiger partial charge in [-0.05, 0) is 24.3 Å². The number of sulfonamides is 1. The number of hydrogen-bond donors (Lipinski definition) is 0. The second-order valence-corrected chi connectivity index (χ2v) is 8.27. The minimum Gasteiger partial charge on any atom is -0.384 e. The molecule has 0 aromatic heterocycles. The molecule has 3 rings (SSSR count). The van der Waals surface area contributed by atoms with Gasteiger partial charge in [0.2, 0.25) is 10.0 Å². The molecule has 0 spiro atoms. The molecule has 2 heterocycles. The van der Waals surface area contributed by atoms with E-state index < -0.39 is 21.8 Å². The topological polar surface area (TPSA) is 55.8 Å². The van der Waals surface area contributed by atoms with E-state index in [2.05, 4.69) is 0 Å². The first kappa shape index (κ1) is 17.7. The number of hydrogen-bond acceptors (Lipinski definition) is 4. The maximum atomic E-state index is 12.7. The second-order valence-electron chi connectivity index (χ2n) is 6.33. The van der Waals surface area contributed by atoms with Crippen molar-refractivity contribution < 1.29 is 31.1 Å². The summed E-state index contributed by atoms with van der Waals surface area (Å²) in [7, 11) is -2.29.